The van der Waals surface area contributed by atoms with Gasteiger partial charge in [0.1, 0.15) is 17.7 Å². The average molecular weight is 339 g/mol. The third kappa shape index (κ3) is 6.89. The Labute approximate surface area is 140 Å². The molecule has 0 aliphatic heterocycles. The normalized spacial score (nSPS) is 11.6. The van der Waals surface area contributed by atoms with Crippen LogP contribution in [0.1, 0.15) is 48.9 Å². The van der Waals surface area contributed by atoms with E-state index in [9.17, 15) is 18.4 Å². The molecule has 24 heavy (non-hydrogen) atoms. The summed E-state index contributed by atoms with van der Waals surface area (Å²) < 4.78 is 31.0. The molecule has 0 unspecified atom stereocenters. The average Bonchev–Trinajstić information content (AvgIpc) is 2.55. The number of allylic oxidation sites excluding steroid dienone is 1. The number of hydrogen-bond acceptors (Lipinski definition) is 3. The van der Waals surface area contributed by atoms with Gasteiger partial charge in [-0.15, -0.1) is 6.58 Å². The van der Waals surface area contributed by atoms with Crippen molar-refractivity contribution in [2.24, 2.45) is 0 Å². The molecule has 1 amide bonds. The van der Waals surface area contributed by atoms with Crippen LogP contribution in [0.25, 0.3) is 0 Å². The molecular weight excluding hydrogens is 316 g/mol. The van der Waals surface area contributed by atoms with Gasteiger partial charge in [0.15, 0.2) is 0 Å². The van der Waals surface area contributed by atoms with Crippen molar-refractivity contribution in [1.29, 1.82) is 0 Å². The van der Waals surface area contributed by atoms with E-state index in [-0.39, 0.29) is 5.56 Å². The number of benzene rings is 1. The lowest BCUT2D eigenvalue weighted by atomic mass is 10.1. The first-order valence-corrected chi connectivity index (χ1v) is 7.93. The number of carbonyl (C=O) groups excluding carboxylic acids is 2. The zero-order valence-electron chi connectivity index (χ0n) is 13.8. The maximum absolute atomic E-state index is 13.2. The number of esters is 1. The Hall–Kier alpha value is -2.24. The van der Waals surface area contributed by atoms with Crippen molar-refractivity contribution < 1.29 is 23.1 Å². The summed E-state index contributed by atoms with van der Waals surface area (Å²) >= 11 is 0. The molecule has 1 N–H and O–H groups in total. The molecule has 0 bridgehead atoms. The summed E-state index contributed by atoms with van der Waals surface area (Å²) in [5.41, 5.74) is -0.174. The number of nitrogens with one attached hydrogen (secondary N) is 1. The fraction of sp³-hybridized carbons (Fsp3) is 0.444. The summed E-state index contributed by atoms with van der Waals surface area (Å²) in [7, 11) is 1.23. The second kappa shape index (κ2) is 10.5. The molecule has 132 valence electrons. The van der Waals surface area contributed by atoms with E-state index in [0.29, 0.717) is 12.5 Å². The first-order valence-electron chi connectivity index (χ1n) is 7.93. The molecule has 0 aromatic heterocycles. The number of halogens is 2. The lowest BCUT2D eigenvalue weighted by Gasteiger charge is -2.16. The lowest BCUT2D eigenvalue weighted by molar-refractivity contribution is -0.143. The molecule has 0 saturated carbocycles. The van der Waals surface area contributed by atoms with Crippen molar-refractivity contribution in [1.82, 2.24) is 5.32 Å². The van der Waals surface area contributed by atoms with Gasteiger partial charge in [0.05, 0.1) is 7.11 Å². The quantitative estimate of drug-likeness (QED) is 0.401. The standard InChI is InChI=1S/C18H23F2NO3/c1-3-4-5-6-7-8-9-16(18(23)24-2)21-17(22)13-10-14(19)12-15(20)11-13/h3,10-12,16H,1,4-9H2,2H3,(H,21,22)/t16-/m1/s1. The molecule has 6 heteroatoms. The third-order valence-electron chi connectivity index (χ3n) is 3.57. The number of carbonyl (C=O) groups is 2. The fourth-order valence-corrected chi connectivity index (χ4v) is 2.31. The van der Waals surface area contributed by atoms with E-state index in [0.717, 1.165) is 44.2 Å². The molecule has 0 radical (unpaired) electrons. The number of rotatable bonds is 10. The van der Waals surface area contributed by atoms with Crippen molar-refractivity contribution in [2.45, 2.75) is 44.6 Å². The van der Waals surface area contributed by atoms with Gasteiger partial charge in [0.2, 0.25) is 0 Å². The van der Waals surface area contributed by atoms with E-state index >= 15 is 0 Å². The smallest absolute Gasteiger partial charge is 0.328 e. The molecule has 0 heterocycles. The Morgan fingerprint density at radius 2 is 1.79 bits per heavy atom. The summed E-state index contributed by atoms with van der Waals surface area (Å²) in [6.45, 7) is 3.65. The molecule has 0 saturated heterocycles. The van der Waals surface area contributed by atoms with Crippen molar-refractivity contribution >= 4 is 11.9 Å². The number of methoxy groups -OCH3 is 1. The second-order valence-electron chi connectivity index (χ2n) is 5.49. The highest BCUT2D eigenvalue weighted by Crippen LogP contribution is 2.11. The van der Waals surface area contributed by atoms with Crippen molar-refractivity contribution in [2.75, 3.05) is 7.11 Å². The second-order valence-corrected chi connectivity index (χ2v) is 5.49. The number of unbranched alkanes of at least 4 members (excludes halogenated alkanes) is 4. The highest BCUT2D eigenvalue weighted by atomic mass is 19.1. The van der Waals surface area contributed by atoms with Gasteiger partial charge in [-0.3, -0.25) is 4.79 Å². The van der Waals surface area contributed by atoms with Crippen LogP contribution in [0.5, 0.6) is 0 Å². The van der Waals surface area contributed by atoms with Crippen LogP contribution in [0.15, 0.2) is 30.9 Å². The van der Waals surface area contributed by atoms with Crippen LogP contribution in [0.4, 0.5) is 8.78 Å². The van der Waals surface area contributed by atoms with Gasteiger partial charge >= 0.3 is 5.97 Å². The predicted molar refractivity (Wildman–Crippen MR) is 87.5 cm³/mol. The Balaban J connectivity index is 2.60. The van der Waals surface area contributed by atoms with Crippen LogP contribution in [-0.2, 0) is 9.53 Å². The van der Waals surface area contributed by atoms with Gasteiger partial charge < -0.3 is 10.1 Å². The van der Waals surface area contributed by atoms with Gasteiger partial charge in [0, 0.05) is 11.6 Å². The van der Waals surface area contributed by atoms with E-state index in [1.807, 2.05) is 6.08 Å². The Morgan fingerprint density at radius 1 is 1.17 bits per heavy atom. The van der Waals surface area contributed by atoms with E-state index < -0.39 is 29.6 Å². The van der Waals surface area contributed by atoms with E-state index in [1.165, 1.54) is 7.11 Å². The molecule has 4 nitrogen and oxygen atoms in total. The van der Waals surface area contributed by atoms with Crippen LogP contribution < -0.4 is 5.32 Å². The van der Waals surface area contributed by atoms with E-state index in [1.54, 1.807) is 0 Å². The molecule has 0 aliphatic carbocycles. The van der Waals surface area contributed by atoms with Gasteiger partial charge in [-0.1, -0.05) is 25.3 Å². The van der Waals surface area contributed by atoms with Crippen LogP contribution >= 0.6 is 0 Å². The third-order valence-corrected chi connectivity index (χ3v) is 3.57. The van der Waals surface area contributed by atoms with E-state index in [2.05, 4.69) is 16.6 Å². The van der Waals surface area contributed by atoms with Crippen LogP contribution in [0, 0.1) is 11.6 Å². The maximum atomic E-state index is 13.2. The summed E-state index contributed by atoms with van der Waals surface area (Å²) in [4.78, 5) is 23.9. The minimum Gasteiger partial charge on any atom is -0.467 e. The van der Waals surface area contributed by atoms with Crippen LogP contribution in [0.3, 0.4) is 0 Å². The maximum Gasteiger partial charge on any atom is 0.328 e. The minimum absolute atomic E-state index is 0.174. The Bertz CT molecular complexity index is 555. The lowest BCUT2D eigenvalue weighted by Crippen LogP contribution is -2.41. The first kappa shape index (κ1) is 19.8. The monoisotopic (exact) mass is 339 g/mol. The molecule has 0 fully saturated rings. The van der Waals surface area contributed by atoms with Gasteiger partial charge in [0.25, 0.3) is 5.91 Å². The zero-order valence-corrected chi connectivity index (χ0v) is 13.8. The van der Waals surface area contributed by atoms with Crippen molar-refractivity contribution in [3.63, 3.8) is 0 Å². The molecule has 1 atom stereocenters. The highest BCUT2D eigenvalue weighted by molar-refractivity contribution is 5.96. The molecule has 0 spiro atoms. The highest BCUT2D eigenvalue weighted by Gasteiger charge is 2.22. The fourth-order valence-electron chi connectivity index (χ4n) is 2.31. The predicted octanol–water partition coefficient (Wildman–Crippen LogP) is 3.76. The SMILES string of the molecule is C=CCCCCCC[C@@H](NC(=O)c1cc(F)cc(F)c1)C(=O)OC. The number of ether oxygens (including phenoxy) is 1. The topological polar surface area (TPSA) is 55.4 Å². The van der Waals surface area contributed by atoms with Crippen molar-refractivity contribution in [3.05, 3.63) is 48.1 Å². The van der Waals surface area contributed by atoms with E-state index in [4.69, 9.17) is 0 Å². The Morgan fingerprint density at radius 3 is 2.38 bits per heavy atom. The van der Waals surface area contributed by atoms with Crippen LogP contribution in [0.2, 0.25) is 0 Å². The van der Waals surface area contributed by atoms with Gasteiger partial charge in [-0.25, -0.2) is 13.6 Å². The molecular formula is C18H23F2NO3. The van der Waals surface area contributed by atoms with Crippen LogP contribution in [-0.4, -0.2) is 25.0 Å². The molecule has 1 rings (SSSR count). The zero-order chi connectivity index (χ0) is 17.9. The van der Waals surface area contributed by atoms with Crippen molar-refractivity contribution in [3.8, 4) is 0 Å². The summed E-state index contributed by atoms with van der Waals surface area (Å²) in [5.74, 6) is -2.99. The first-order chi connectivity index (χ1) is 11.5. The Kier molecular flexibility index (Phi) is 8.68. The van der Waals surface area contributed by atoms with Gasteiger partial charge in [-0.05, 0) is 31.4 Å². The van der Waals surface area contributed by atoms with Gasteiger partial charge in [-0.2, -0.15) is 0 Å². The largest absolute Gasteiger partial charge is 0.467 e. The molecule has 1 aromatic carbocycles. The summed E-state index contributed by atoms with van der Waals surface area (Å²) in [6.07, 6.45) is 6.88. The minimum atomic E-state index is -0.850. The summed E-state index contributed by atoms with van der Waals surface area (Å²) in [5, 5.41) is 2.48. The molecule has 1 aromatic rings. The molecule has 0 aliphatic rings. The summed E-state index contributed by atoms with van der Waals surface area (Å²) in [6, 6.07) is 1.68. The number of hydrogen-bond donors (Lipinski definition) is 1. The number of amides is 1.